The molecule has 0 spiro atoms. The molecule has 1 atom stereocenters. The van der Waals surface area contributed by atoms with Gasteiger partial charge in [0.15, 0.2) is 0 Å². The van der Waals surface area contributed by atoms with Crippen molar-refractivity contribution < 1.29 is 9.50 Å². The summed E-state index contributed by atoms with van der Waals surface area (Å²) in [4.78, 5) is 2.42. The molecular weight excluding hydrogens is 255 g/mol. The molecule has 0 radical (unpaired) electrons. The molecule has 0 aliphatic carbocycles. The molecular formula is C16H25FN2O. The van der Waals surface area contributed by atoms with Crippen LogP contribution in [-0.2, 0) is 0 Å². The van der Waals surface area contributed by atoms with Gasteiger partial charge in [-0.2, -0.15) is 0 Å². The van der Waals surface area contributed by atoms with Crippen LogP contribution < -0.4 is 5.32 Å². The van der Waals surface area contributed by atoms with Crippen LogP contribution in [0, 0.1) is 5.82 Å². The van der Waals surface area contributed by atoms with Crippen molar-refractivity contribution in [2.75, 3.05) is 25.0 Å². The van der Waals surface area contributed by atoms with Crippen LogP contribution in [0.15, 0.2) is 24.3 Å². The third kappa shape index (κ3) is 3.49. The van der Waals surface area contributed by atoms with Gasteiger partial charge in [0.05, 0.1) is 17.8 Å². The maximum atomic E-state index is 13.8. The van der Waals surface area contributed by atoms with E-state index in [1.54, 1.807) is 12.1 Å². The Hall–Kier alpha value is -1.13. The second-order valence-electron chi connectivity index (χ2n) is 6.03. The molecule has 1 aliphatic heterocycles. The predicted molar refractivity (Wildman–Crippen MR) is 80.4 cm³/mol. The van der Waals surface area contributed by atoms with Crippen LogP contribution in [-0.4, -0.2) is 41.3 Å². The van der Waals surface area contributed by atoms with Gasteiger partial charge in [0.2, 0.25) is 0 Å². The number of anilines is 1. The molecule has 0 saturated carbocycles. The van der Waals surface area contributed by atoms with Crippen LogP contribution in [0.5, 0.6) is 0 Å². The molecule has 1 fully saturated rings. The molecule has 1 heterocycles. The van der Waals surface area contributed by atoms with Crippen molar-refractivity contribution in [3.63, 3.8) is 0 Å². The third-order valence-electron chi connectivity index (χ3n) is 4.28. The molecule has 2 rings (SSSR count). The lowest BCUT2D eigenvalue weighted by Crippen LogP contribution is -2.43. The minimum absolute atomic E-state index is 0.0350. The molecule has 0 bridgehead atoms. The number of benzene rings is 1. The molecule has 3 nitrogen and oxygen atoms in total. The van der Waals surface area contributed by atoms with Crippen molar-refractivity contribution in [2.45, 2.75) is 44.7 Å². The van der Waals surface area contributed by atoms with Gasteiger partial charge in [-0.3, -0.25) is 0 Å². The summed E-state index contributed by atoms with van der Waals surface area (Å²) in [7, 11) is 0. The molecule has 112 valence electrons. The molecule has 20 heavy (non-hydrogen) atoms. The summed E-state index contributed by atoms with van der Waals surface area (Å²) in [5.41, 5.74) is 0.0748. The van der Waals surface area contributed by atoms with Crippen LogP contribution in [0.25, 0.3) is 0 Å². The minimum Gasteiger partial charge on any atom is -0.394 e. The van der Waals surface area contributed by atoms with Crippen molar-refractivity contribution in [2.24, 2.45) is 0 Å². The van der Waals surface area contributed by atoms with Gasteiger partial charge in [0.1, 0.15) is 5.82 Å². The summed E-state index contributed by atoms with van der Waals surface area (Å²) in [6.07, 6.45) is 2.71. The van der Waals surface area contributed by atoms with Crippen LogP contribution in [0.3, 0.4) is 0 Å². The van der Waals surface area contributed by atoms with Crippen LogP contribution in [0.4, 0.5) is 10.1 Å². The van der Waals surface area contributed by atoms with E-state index in [1.807, 2.05) is 6.07 Å². The highest BCUT2D eigenvalue weighted by molar-refractivity contribution is 5.47. The predicted octanol–water partition coefficient (Wildman–Crippen LogP) is 2.86. The van der Waals surface area contributed by atoms with Crippen LogP contribution in [0.1, 0.15) is 33.1 Å². The summed E-state index contributed by atoms with van der Waals surface area (Å²) >= 11 is 0. The Morgan fingerprint density at radius 2 is 2.05 bits per heavy atom. The zero-order chi connectivity index (χ0) is 14.6. The lowest BCUT2D eigenvalue weighted by molar-refractivity contribution is 0.185. The number of nitrogens with zero attached hydrogens (tertiary/aromatic N) is 1. The molecule has 1 aromatic carbocycles. The van der Waals surface area contributed by atoms with E-state index in [0.717, 1.165) is 32.4 Å². The Morgan fingerprint density at radius 1 is 1.30 bits per heavy atom. The molecule has 0 aromatic heterocycles. The SMILES string of the molecule is CC(C)N1CCCC(CO)(Nc2ccccc2F)CC1. The van der Waals surface area contributed by atoms with Crippen molar-refractivity contribution in [1.29, 1.82) is 0 Å². The normalized spacial score (nSPS) is 24.6. The van der Waals surface area contributed by atoms with Gasteiger partial charge in [-0.15, -0.1) is 0 Å². The van der Waals surface area contributed by atoms with E-state index in [-0.39, 0.29) is 12.4 Å². The Labute approximate surface area is 120 Å². The maximum absolute atomic E-state index is 13.8. The first-order valence-corrected chi connectivity index (χ1v) is 7.44. The molecule has 1 aromatic rings. The Bertz CT molecular complexity index is 438. The molecule has 1 aliphatic rings. The monoisotopic (exact) mass is 280 g/mol. The quantitative estimate of drug-likeness (QED) is 0.890. The van der Waals surface area contributed by atoms with Gasteiger partial charge >= 0.3 is 0 Å². The summed E-state index contributed by atoms with van der Waals surface area (Å²) in [6, 6.07) is 7.19. The maximum Gasteiger partial charge on any atom is 0.146 e. The average molecular weight is 280 g/mol. The molecule has 4 heteroatoms. The van der Waals surface area contributed by atoms with Crippen molar-refractivity contribution in [3.05, 3.63) is 30.1 Å². The first kappa shape index (κ1) is 15.3. The number of aliphatic hydroxyl groups excluding tert-OH is 1. The number of likely N-dealkylation sites (tertiary alicyclic amines) is 1. The fourth-order valence-corrected chi connectivity index (χ4v) is 2.90. The number of hydrogen-bond donors (Lipinski definition) is 2. The smallest absolute Gasteiger partial charge is 0.146 e. The first-order chi connectivity index (χ1) is 9.56. The molecule has 1 saturated heterocycles. The standard InChI is InChI=1S/C16H25FN2O/c1-13(2)19-10-5-8-16(12-20,9-11-19)18-15-7-4-3-6-14(15)17/h3-4,6-7,13,18,20H,5,8-12H2,1-2H3. The van der Waals surface area contributed by atoms with Crippen LogP contribution in [0.2, 0.25) is 0 Å². The number of nitrogens with one attached hydrogen (secondary N) is 1. The van der Waals surface area contributed by atoms with E-state index in [2.05, 4.69) is 24.1 Å². The highest BCUT2D eigenvalue weighted by Gasteiger charge is 2.33. The van der Waals surface area contributed by atoms with Gasteiger partial charge in [0.25, 0.3) is 0 Å². The van der Waals surface area contributed by atoms with E-state index in [9.17, 15) is 9.50 Å². The van der Waals surface area contributed by atoms with Crippen LogP contribution >= 0.6 is 0 Å². The molecule has 0 amide bonds. The van der Waals surface area contributed by atoms with Gasteiger partial charge in [-0.05, 0) is 51.8 Å². The number of aliphatic hydroxyl groups is 1. The summed E-state index contributed by atoms with van der Waals surface area (Å²) in [6.45, 7) is 6.39. The van der Waals surface area contributed by atoms with Crippen molar-refractivity contribution in [3.8, 4) is 0 Å². The zero-order valence-electron chi connectivity index (χ0n) is 12.4. The van der Waals surface area contributed by atoms with E-state index >= 15 is 0 Å². The van der Waals surface area contributed by atoms with Gasteiger partial charge in [-0.25, -0.2) is 4.39 Å². The second kappa shape index (κ2) is 6.55. The van der Waals surface area contributed by atoms with Gasteiger partial charge in [-0.1, -0.05) is 12.1 Å². The lowest BCUT2D eigenvalue weighted by atomic mass is 9.91. The first-order valence-electron chi connectivity index (χ1n) is 7.44. The van der Waals surface area contributed by atoms with Crippen molar-refractivity contribution >= 4 is 5.69 Å². The Kier molecular flexibility index (Phi) is 5.00. The average Bonchev–Trinajstić information content (AvgIpc) is 2.65. The highest BCUT2D eigenvalue weighted by atomic mass is 19.1. The van der Waals surface area contributed by atoms with Gasteiger partial charge < -0.3 is 15.3 Å². The topological polar surface area (TPSA) is 35.5 Å². The molecule has 1 unspecified atom stereocenters. The van der Waals surface area contributed by atoms with Gasteiger partial charge in [0, 0.05) is 12.6 Å². The Morgan fingerprint density at radius 3 is 2.70 bits per heavy atom. The number of rotatable bonds is 4. The summed E-state index contributed by atoms with van der Waals surface area (Å²) in [5.74, 6) is -0.259. The van der Waals surface area contributed by atoms with E-state index in [0.29, 0.717) is 11.7 Å². The zero-order valence-corrected chi connectivity index (χ0v) is 12.4. The van der Waals surface area contributed by atoms with E-state index in [1.165, 1.54) is 6.07 Å². The minimum atomic E-state index is -0.411. The number of para-hydroxylation sites is 1. The molecule has 2 N–H and O–H groups in total. The third-order valence-corrected chi connectivity index (χ3v) is 4.28. The second-order valence-corrected chi connectivity index (χ2v) is 6.03. The number of hydrogen-bond acceptors (Lipinski definition) is 3. The van der Waals surface area contributed by atoms with E-state index in [4.69, 9.17) is 0 Å². The number of halogens is 1. The summed E-state index contributed by atoms with van der Waals surface area (Å²) in [5, 5.41) is 13.1. The Balaban J connectivity index is 2.12. The fourth-order valence-electron chi connectivity index (χ4n) is 2.90. The summed E-state index contributed by atoms with van der Waals surface area (Å²) < 4.78 is 13.8. The largest absolute Gasteiger partial charge is 0.394 e. The van der Waals surface area contributed by atoms with Crippen molar-refractivity contribution in [1.82, 2.24) is 4.90 Å². The highest BCUT2D eigenvalue weighted by Crippen LogP contribution is 2.28. The lowest BCUT2D eigenvalue weighted by Gasteiger charge is -2.33. The van der Waals surface area contributed by atoms with E-state index < -0.39 is 5.54 Å². The fraction of sp³-hybridized carbons (Fsp3) is 0.625.